The van der Waals surface area contributed by atoms with Crippen LogP contribution in [0.4, 0.5) is 0 Å². The van der Waals surface area contributed by atoms with Crippen molar-refractivity contribution < 1.29 is 14.4 Å². The molecule has 1 N–H and O–H groups in total. The molecular weight excluding hydrogens is 250 g/mol. The third-order valence-corrected chi connectivity index (χ3v) is 3.67. The molecule has 0 spiro atoms. The van der Waals surface area contributed by atoms with Gasteiger partial charge in [0.25, 0.3) is 0 Å². The number of esters is 1. The molecule has 3 heteroatoms. The monoisotopic (exact) mass is 274 g/mol. The molecule has 3 nitrogen and oxygen atoms in total. The lowest BCUT2D eigenvalue weighted by Gasteiger charge is -2.25. The Morgan fingerprint density at radius 1 is 1.25 bits per heavy atom. The number of likely N-dealkylation sites (tertiary alicyclic amines) is 1. The highest BCUT2D eigenvalue weighted by atomic mass is 16.5. The molecule has 0 radical (unpaired) electrons. The fourth-order valence-electron chi connectivity index (χ4n) is 2.67. The average Bonchev–Trinajstić information content (AvgIpc) is 2.47. The molecule has 2 rings (SSSR count). The molecule has 1 saturated heterocycles. The molecule has 1 aliphatic rings. The van der Waals surface area contributed by atoms with E-state index in [2.05, 4.69) is 0 Å². The molecule has 0 aliphatic carbocycles. The van der Waals surface area contributed by atoms with Crippen LogP contribution in [0.5, 0.6) is 0 Å². The van der Waals surface area contributed by atoms with Crippen molar-refractivity contribution in [2.75, 3.05) is 19.6 Å². The highest BCUT2D eigenvalue weighted by Crippen LogP contribution is 2.02. The Labute approximate surface area is 121 Å². The van der Waals surface area contributed by atoms with E-state index in [1.165, 1.54) is 38.4 Å². The molecule has 1 aromatic rings. The number of nitrogens with one attached hydrogen (secondary N) is 1. The van der Waals surface area contributed by atoms with Gasteiger partial charge in [0.2, 0.25) is 0 Å². The minimum Gasteiger partial charge on any atom is -0.454 e. The molecular formula is C17H24NO2+. The maximum Gasteiger partial charge on any atom is 0.331 e. The molecule has 108 valence electrons. The number of rotatable bonds is 5. The summed E-state index contributed by atoms with van der Waals surface area (Å²) in [5, 5.41) is 0. The van der Waals surface area contributed by atoms with E-state index in [0.29, 0.717) is 0 Å². The number of carbonyl (C=O) groups is 1. The van der Waals surface area contributed by atoms with Crippen molar-refractivity contribution in [2.24, 2.45) is 0 Å². The molecule has 1 fully saturated rings. The van der Waals surface area contributed by atoms with Crippen molar-refractivity contribution in [2.45, 2.75) is 32.3 Å². The first kappa shape index (κ1) is 14.8. The summed E-state index contributed by atoms with van der Waals surface area (Å²) in [6, 6.07) is 9.79. The third-order valence-electron chi connectivity index (χ3n) is 3.67. The summed E-state index contributed by atoms with van der Waals surface area (Å²) in [7, 11) is 0. The molecule has 0 saturated carbocycles. The van der Waals surface area contributed by atoms with E-state index in [4.69, 9.17) is 4.74 Å². The maximum atomic E-state index is 11.8. The van der Waals surface area contributed by atoms with Gasteiger partial charge >= 0.3 is 5.97 Å². The van der Waals surface area contributed by atoms with Gasteiger partial charge in [-0.2, -0.15) is 0 Å². The first-order chi connectivity index (χ1) is 9.74. The molecule has 0 amide bonds. The van der Waals surface area contributed by atoms with Crippen molar-refractivity contribution in [3.8, 4) is 0 Å². The number of carbonyl (C=O) groups excluding carboxylic acids is 1. The molecule has 1 atom stereocenters. The highest BCUT2D eigenvalue weighted by Gasteiger charge is 2.18. The number of hydrogen-bond donors (Lipinski definition) is 1. The van der Waals surface area contributed by atoms with Gasteiger partial charge in [-0.3, -0.25) is 0 Å². The van der Waals surface area contributed by atoms with Crippen LogP contribution in [0.3, 0.4) is 0 Å². The second-order valence-corrected chi connectivity index (χ2v) is 5.51. The third kappa shape index (κ3) is 5.17. The number of quaternary nitrogens is 1. The summed E-state index contributed by atoms with van der Waals surface area (Å²) >= 11 is 0. The van der Waals surface area contributed by atoms with Gasteiger partial charge < -0.3 is 9.64 Å². The summed E-state index contributed by atoms with van der Waals surface area (Å²) in [5.41, 5.74) is 1.01. The predicted octanol–water partition coefficient (Wildman–Crippen LogP) is 1.70. The fraction of sp³-hybridized carbons (Fsp3) is 0.471. The molecule has 0 unspecified atom stereocenters. The van der Waals surface area contributed by atoms with Crippen molar-refractivity contribution in [3.05, 3.63) is 42.0 Å². The number of hydrogen-bond acceptors (Lipinski definition) is 2. The van der Waals surface area contributed by atoms with Crippen molar-refractivity contribution >= 4 is 12.0 Å². The van der Waals surface area contributed by atoms with Crippen LogP contribution in [0.25, 0.3) is 6.08 Å². The minimum absolute atomic E-state index is 0.0176. The zero-order chi connectivity index (χ0) is 14.2. The van der Waals surface area contributed by atoms with Gasteiger partial charge in [-0.15, -0.1) is 0 Å². The summed E-state index contributed by atoms with van der Waals surface area (Å²) in [4.78, 5) is 13.3. The van der Waals surface area contributed by atoms with E-state index in [1.54, 1.807) is 11.0 Å². The topological polar surface area (TPSA) is 30.7 Å². The first-order valence-electron chi connectivity index (χ1n) is 7.51. The van der Waals surface area contributed by atoms with Gasteiger partial charge in [0, 0.05) is 6.08 Å². The zero-order valence-electron chi connectivity index (χ0n) is 12.2. The molecule has 0 bridgehead atoms. The number of piperidine rings is 1. The van der Waals surface area contributed by atoms with Crippen molar-refractivity contribution in [3.63, 3.8) is 0 Å². The van der Waals surface area contributed by atoms with Crippen LogP contribution in [0.1, 0.15) is 31.7 Å². The van der Waals surface area contributed by atoms with E-state index >= 15 is 0 Å². The molecule has 1 heterocycles. The van der Waals surface area contributed by atoms with Crippen LogP contribution in [0.15, 0.2) is 36.4 Å². The Kier molecular flexibility index (Phi) is 5.81. The Bertz CT molecular complexity index is 436. The van der Waals surface area contributed by atoms with E-state index in [1.807, 2.05) is 37.3 Å². The zero-order valence-corrected chi connectivity index (χ0v) is 12.2. The molecule has 1 aromatic carbocycles. The van der Waals surface area contributed by atoms with Gasteiger partial charge in [-0.1, -0.05) is 30.3 Å². The Morgan fingerprint density at radius 2 is 1.95 bits per heavy atom. The fourth-order valence-corrected chi connectivity index (χ4v) is 2.67. The smallest absolute Gasteiger partial charge is 0.331 e. The maximum absolute atomic E-state index is 11.8. The Balaban J connectivity index is 1.74. The predicted molar refractivity (Wildman–Crippen MR) is 80.4 cm³/mol. The highest BCUT2D eigenvalue weighted by molar-refractivity contribution is 5.87. The van der Waals surface area contributed by atoms with E-state index in [0.717, 1.165) is 12.1 Å². The lowest BCUT2D eigenvalue weighted by atomic mass is 10.1. The van der Waals surface area contributed by atoms with Gasteiger partial charge in [0.15, 0.2) is 0 Å². The second-order valence-electron chi connectivity index (χ2n) is 5.51. The summed E-state index contributed by atoms with van der Waals surface area (Å²) in [6.45, 7) is 5.32. The van der Waals surface area contributed by atoms with E-state index in [9.17, 15) is 4.79 Å². The number of ether oxygens (including phenoxy) is 1. The van der Waals surface area contributed by atoms with E-state index in [-0.39, 0.29) is 12.1 Å². The van der Waals surface area contributed by atoms with Crippen molar-refractivity contribution in [1.82, 2.24) is 0 Å². The van der Waals surface area contributed by atoms with Crippen LogP contribution in [0, 0.1) is 0 Å². The van der Waals surface area contributed by atoms with E-state index < -0.39 is 0 Å². The lowest BCUT2D eigenvalue weighted by molar-refractivity contribution is -0.907. The van der Waals surface area contributed by atoms with Crippen LogP contribution in [0.2, 0.25) is 0 Å². The lowest BCUT2D eigenvalue weighted by Crippen LogP contribution is -3.13. The van der Waals surface area contributed by atoms with Crippen LogP contribution in [-0.4, -0.2) is 31.7 Å². The summed E-state index contributed by atoms with van der Waals surface area (Å²) < 4.78 is 5.43. The summed E-state index contributed by atoms with van der Waals surface area (Å²) in [6.07, 6.45) is 7.22. The standard InChI is InChI=1S/C17H23NO2/c1-15(14-18-12-6-3-7-13-18)20-17(19)11-10-16-8-4-2-5-9-16/h2,4-5,8-11,15H,3,6-7,12-14H2,1H3/p+1/b11-10+/t15-/m0/s1. The van der Waals surface area contributed by atoms with Crippen LogP contribution >= 0.6 is 0 Å². The van der Waals surface area contributed by atoms with Crippen LogP contribution in [-0.2, 0) is 9.53 Å². The summed E-state index contributed by atoms with van der Waals surface area (Å²) in [5.74, 6) is -0.252. The Hall–Kier alpha value is -1.61. The largest absolute Gasteiger partial charge is 0.454 e. The van der Waals surface area contributed by atoms with Crippen molar-refractivity contribution in [1.29, 1.82) is 0 Å². The average molecular weight is 274 g/mol. The number of benzene rings is 1. The molecule has 1 aliphatic heterocycles. The van der Waals surface area contributed by atoms with Crippen LogP contribution < -0.4 is 4.90 Å². The van der Waals surface area contributed by atoms with Gasteiger partial charge in [-0.25, -0.2) is 4.79 Å². The quantitative estimate of drug-likeness (QED) is 0.654. The molecule has 20 heavy (non-hydrogen) atoms. The van der Waals surface area contributed by atoms with Gasteiger partial charge in [0.05, 0.1) is 13.1 Å². The molecule has 0 aromatic heterocycles. The normalized spacial score (nSPS) is 18.1. The van der Waals surface area contributed by atoms with Gasteiger partial charge in [-0.05, 0) is 37.8 Å². The second kappa shape index (κ2) is 7.85. The Morgan fingerprint density at radius 3 is 2.65 bits per heavy atom. The van der Waals surface area contributed by atoms with Gasteiger partial charge in [0.1, 0.15) is 12.6 Å². The minimum atomic E-state index is -0.252. The SMILES string of the molecule is C[C@@H](C[NH+]1CCCCC1)OC(=O)/C=C/c1ccccc1. The first-order valence-corrected chi connectivity index (χ1v) is 7.51.